The molecule has 1 aliphatic rings. The van der Waals surface area contributed by atoms with Crippen LogP contribution >= 0.6 is 11.6 Å². The van der Waals surface area contributed by atoms with Crippen LogP contribution in [-0.2, 0) is 6.61 Å². The van der Waals surface area contributed by atoms with Crippen molar-refractivity contribution in [1.82, 2.24) is 24.8 Å². The van der Waals surface area contributed by atoms with Crippen molar-refractivity contribution in [3.05, 3.63) is 102 Å². The lowest BCUT2D eigenvalue weighted by atomic mass is 10.1. The van der Waals surface area contributed by atoms with Crippen LogP contribution in [0.4, 0.5) is 10.6 Å². The molecule has 38 heavy (non-hydrogen) atoms. The highest BCUT2D eigenvalue weighted by atomic mass is 35.5. The van der Waals surface area contributed by atoms with Crippen LogP contribution in [-0.4, -0.2) is 62.9 Å². The van der Waals surface area contributed by atoms with Crippen molar-refractivity contribution in [1.29, 1.82) is 0 Å². The summed E-state index contributed by atoms with van der Waals surface area (Å²) in [6.45, 7) is 2.04. The van der Waals surface area contributed by atoms with Gasteiger partial charge in [-0.2, -0.15) is 0 Å². The van der Waals surface area contributed by atoms with E-state index in [2.05, 4.69) is 20.3 Å². The molecule has 2 aromatic heterocycles. The molecule has 1 fully saturated rings. The lowest BCUT2D eigenvalue weighted by Crippen LogP contribution is -2.51. The van der Waals surface area contributed by atoms with Gasteiger partial charge in [0.1, 0.15) is 12.4 Å². The van der Waals surface area contributed by atoms with Crippen LogP contribution < -0.4 is 10.1 Å². The number of hydrogen-bond acceptors (Lipinski definition) is 6. The summed E-state index contributed by atoms with van der Waals surface area (Å²) in [5.41, 5.74) is 3.16. The molecule has 2 aromatic carbocycles. The molecule has 3 heterocycles. The molecule has 0 unspecified atom stereocenters. The number of carbonyl (C=O) groups excluding carboxylic acids is 2. The number of ether oxygens (including phenoxy) is 1. The Hall–Kier alpha value is -4.50. The molecule has 0 radical (unpaired) electrons. The number of amides is 3. The van der Waals surface area contributed by atoms with Crippen molar-refractivity contribution in [3.8, 4) is 17.0 Å². The molecule has 1 aliphatic heterocycles. The number of aromatic nitrogens is 3. The van der Waals surface area contributed by atoms with Gasteiger partial charge in [0.05, 0.1) is 5.69 Å². The van der Waals surface area contributed by atoms with E-state index in [0.717, 1.165) is 16.9 Å². The third-order valence-corrected chi connectivity index (χ3v) is 6.39. The molecule has 1 saturated heterocycles. The maximum Gasteiger partial charge on any atom is 0.323 e. The highest BCUT2D eigenvalue weighted by Gasteiger charge is 2.26. The molecule has 192 valence electrons. The van der Waals surface area contributed by atoms with Crippen LogP contribution in [0, 0.1) is 0 Å². The standard InChI is InChI=1S/C28H25ClN6O3/c29-25-26(32-12-11-31-25)33-28(37)35-15-13-34(14-16-35)27(36)22-9-10-30-24(18-22)21-7-4-8-23(17-21)38-19-20-5-2-1-3-6-20/h1-12,17-18H,13-16,19H2,(H,32,33,37). The van der Waals surface area contributed by atoms with E-state index in [1.165, 1.54) is 12.4 Å². The lowest BCUT2D eigenvalue weighted by molar-refractivity contribution is 0.0671. The second kappa shape index (κ2) is 11.7. The number of benzene rings is 2. The van der Waals surface area contributed by atoms with Crippen molar-refractivity contribution >= 4 is 29.4 Å². The Morgan fingerprint density at radius 2 is 1.61 bits per heavy atom. The van der Waals surface area contributed by atoms with Gasteiger partial charge in [-0.3, -0.25) is 15.1 Å². The number of pyridine rings is 1. The topological polar surface area (TPSA) is 101 Å². The molecule has 9 nitrogen and oxygen atoms in total. The molecule has 1 N–H and O–H groups in total. The molecule has 0 spiro atoms. The van der Waals surface area contributed by atoms with Gasteiger partial charge in [0.15, 0.2) is 11.0 Å². The van der Waals surface area contributed by atoms with Crippen LogP contribution in [0.5, 0.6) is 5.75 Å². The first-order valence-corrected chi connectivity index (χ1v) is 12.5. The molecular formula is C28H25ClN6O3. The summed E-state index contributed by atoms with van der Waals surface area (Å²) >= 11 is 5.97. The molecule has 3 amide bonds. The average Bonchev–Trinajstić information content (AvgIpc) is 2.98. The highest BCUT2D eigenvalue weighted by Crippen LogP contribution is 2.24. The molecule has 5 rings (SSSR count). The van der Waals surface area contributed by atoms with Crippen LogP contribution in [0.1, 0.15) is 15.9 Å². The summed E-state index contributed by atoms with van der Waals surface area (Å²) in [5.74, 6) is 0.820. The predicted octanol–water partition coefficient (Wildman–Crippen LogP) is 4.76. The summed E-state index contributed by atoms with van der Waals surface area (Å²) in [7, 11) is 0. The average molecular weight is 529 g/mol. The molecule has 0 aliphatic carbocycles. The fourth-order valence-corrected chi connectivity index (χ4v) is 4.24. The van der Waals surface area contributed by atoms with Gasteiger partial charge >= 0.3 is 6.03 Å². The Labute approximate surface area is 225 Å². The van der Waals surface area contributed by atoms with Gasteiger partial charge in [0.2, 0.25) is 0 Å². The number of nitrogens with zero attached hydrogens (tertiary/aromatic N) is 5. The second-order valence-corrected chi connectivity index (χ2v) is 9.00. The van der Waals surface area contributed by atoms with E-state index in [-0.39, 0.29) is 22.9 Å². The van der Waals surface area contributed by atoms with Gasteiger partial charge in [-0.25, -0.2) is 14.8 Å². The number of hydrogen-bond donors (Lipinski definition) is 1. The van der Waals surface area contributed by atoms with Crippen LogP contribution in [0.25, 0.3) is 11.3 Å². The number of anilines is 1. The van der Waals surface area contributed by atoms with E-state index >= 15 is 0 Å². The predicted molar refractivity (Wildman–Crippen MR) is 144 cm³/mol. The summed E-state index contributed by atoms with van der Waals surface area (Å²) in [6.07, 6.45) is 4.53. The van der Waals surface area contributed by atoms with Crippen LogP contribution in [0.2, 0.25) is 5.15 Å². The number of rotatable bonds is 6. The summed E-state index contributed by atoms with van der Waals surface area (Å²) in [4.78, 5) is 41.6. The van der Waals surface area contributed by atoms with Crippen molar-refractivity contribution in [2.75, 3.05) is 31.5 Å². The Morgan fingerprint density at radius 3 is 2.39 bits per heavy atom. The van der Waals surface area contributed by atoms with Gasteiger partial charge in [-0.15, -0.1) is 0 Å². The molecule has 4 aromatic rings. The van der Waals surface area contributed by atoms with Crippen LogP contribution in [0.15, 0.2) is 85.3 Å². The zero-order valence-corrected chi connectivity index (χ0v) is 21.2. The number of piperazine rings is 1. The van der Waals surface area contributed by atoms with Gasteiger partial charge in [0, 0.05) is 55.9 Å². The molecule has 0 saturated carbocycles. The van der Waals surface area contributed by atoms with Gasteiger partial charge in [-0.05, 0) is 29.8 Å². The molecule has 0 atom stereocenters. The third-order valence-electron chi connectivity index (χ3n) is 6.12. The smallest absolute Gasteiger partial charge is 0.323 e. The van der Waals surface area contributed by atoms with E-state index in [0.29, 0.717) is 44.0 Å². The van der Waals surface area contributed by atoms with E-state index in [1.807, 2.05) is 54.6 Å². The number of halogens is 1. The zero-order valence-electron chi connectivity index (χ0n) is 20.5. The molecular weight excluding hydrogens is 504 g/mol. The van der Waals surface area contributed by atoms with Crippen molar-refractivity contribution in [2.45, 2.75) is 6.61 Å². The minimum absolute atomic E-state index is 0.109. The number of nitrogens with one attached hydrogen (secondary N) is 1. The van der Waals surface area contributed by atoms with Gasteiger partial charge in [-0.1, -0.05) is 54.1 Å². The number of carbonyl (C=O) groups is 2. The normalized spacial score (nSPS) is 13.2. The summed E-state index contributed by atoms with van der Waals surface area (Å²) in [5, 5.41) is 2.79. The van der Waals surface area contributed by atoms with Crippen molar-refractivity contribution in [2.24, 2.45) is 0 Å². The van der Waals surface area contributed by atoms with E-state index in [1.54, 1.807) is 28.1 Å². The zero-order chi connectivity index (χ0) is 26.3. The van der Waals surface area contributed by atoms with E-state index in [4.69, 9.17) is 16.3 Å². The Kier molecular flexibility index (Phi) is 7.75. The SMILES string of the molecule is O=C(Nc1nccnc1Cl)N1CCN(C(=O)c2ccnc(-c3cccc(OCc4ccccc4)c3)c2)CC1. The first-order valence-electron chi connectivity index (χ1n) is 12.1. The first-order chi connectivity index (χ1) is 18.6. The fourth-order valence-electron chi connectivity index (χ4n) is 4.09. The Morgan fingerprint density at radius 1 is 0.842 bits per heavy atom. The van der Waals surface area contributed by atoms with Gasteiger partial charge in [0.25, 0.3) is 5.91 Å². The maximum absolute atomic E-state index is 13.2. The van der Waals surface area contributed by atoms with Crippen LogP contribution in [0.3, 0.4) is 0 Å². The Balaban J connectivity index is 1.20. The maximum atomic E-state index is 13.2. The molecule has 10 heteroatoms. The Bertz CT molecular complexity index is 1430. The number of urea groups is 1. The third kappa shape index (κ3) is 6.07. The molecule has 0 bridgehead atoms. The van der Waals surface area contributed by atoms with Crippen molar-refractivity contribution < 1.29 is 14.3 Å². The summed E-state index contributed by atoms with van der Waals surface area (Å²) in [6, 6.07) is 20.8. The minimum Gasteiger partial charge on any atom is -0.489 e. The highest BCUT2D eigenvalue weighted by molar-refractivity contribution is 6.32. The quantitative estimate of drug-likeness (QED) is 0.387. The fraction of sp³-hybridized carbons (Fsp3) is 0.179. The summed E-state index contributed by atoms with van der Waals surface area (Å²) < 4.78 is 5.95. The minimum atomic E-state index is -0.333. The second-order valence-electron chi connectivity index (χ2n) is 8.64. The largest absolute Gasteiger partial charge is 0.489 e. The van der Waals surface area contributed by atoms with Gasteiger partial charge < -0.3 is 14.5 Å². The van der Waals surface area contributed by atoms with E-state index in [9.17, 15) is 9.59 Å². The van der Waals surface area contributed by atoms with Crippen molar-refractivity contribution in [3.63, 3.8) is 0 Å². The first kappa shape index (κ1) is 25.2. The lowest BCUT2D eigenvalue weighted by Gasteiger charge is -2.34. The van der Waals surface area contributed by atoms with E-state index < -0.39 is 0 Å². The monoisotopic (exact) mass is 528 g/mol.